The van der Waals surface area contributed by atoms with Gasteiger partial charge in [-0.15, -0.1) is 0 Å². The van der Waals surface area contributed by atoms with Gasteiger partial charge in [-0.3, -0.25) is 18.9 Å². The highest BCUT2D eigenvalue weighted by atomic mass is 32.2. The van der Waals surface area contributed by atoms with Crippen molar-refractivity contribution in [3.63, 3.8) is 0 Å². The number of carbonyl (C=O) groups is 1. The first kappa shape index (κ1) is 18.6. The zero-order valence-corrected chi connectivity index (χ0v) is 16.5. The second kappa shape index (κ2) is 7.59. The van der Waals surface area contributed by atoms with Crippen molar-refractivity contribution in [3.8, 4) is 0 Å². The minimum absolute atomic E-state index is 0.159. The van der Waals surface area contributed by atoms with Gasteiger partial charge >= 0.3 is 0 Å². The van der Waals surface area contributed by atoms with E-state index < -0.39 is 0 Å². The molecule has 0 aromatic carbocycles. The molecule has 3 rings (SSSR count). The number of fused-ring (bicyclic) bond motifs is 1. The van der Waals surface area contributed by atoms with E-state index in [0.29, 0.717) is 45.3 Å². The quantitative estimate of drug-likeness (QED) is 0.627. The van der Waals surface area contributed by atoms with Crippen LogP contribution < -0.4 is 10.9 Å². The normalized spacial score (nSPS) is 16.3. The fourth-order valence-corrected chi connectivity index (χ4v) is 3.95. The molecule has 0 spiro atoms. The van der Waals surface area contributed by atoms with Crippen molar-refractivity contribution in [1.29, 1.82) is 0 Å². The third kappa shape index (κ3) is 3.52. The van der Waals surface area contributed by atoms with E-state index >= 15 is 0 Å². The summed E-state index contributed by atoms with van der Waals surface area (Å²) in [5.41, 5.74) is 0.694. The Bertz CT molecular complexity index is 965. The lowest BCUT2D eigenvalue weighted by Gasteiger charge is -2.16. The summed E-state index contributed by atoms with van der Waals surface area (Å²) in [6.45, 7) is 7.18. The molecule has 1 saturated heterocycles. The molecule has 1 fully saturated rings. The number of nitrogens with zero attached hydrogens (tertiary/aromatic N) is 3. The number of amides is 1. The Morgan fingerprint density at radius 2 is 2.12 bits per heavy atom. The molecule has 6 nitrogen and oxygen atoms in total. The molecule has 1 aliphatic heterocycles. The molecule has 0 aliphatic carbocycles. The van der Waals surface area contributed by atoms with Gasteiger partial charge in [-0.1, -0.05) is 43.9 Å². The Kier molecular flexibility index (Phi) is 5.43. The number of nitrogens with one attached hydrogen (secondary N) is 1. The summed E-state index contributed by atoms with van der Waals surface area (Å²) < 4.78 is 2.00. The van der Waals surface area contributed by atoms with Gasteiger partial charge < -0.3 is 5.32 Å². The van der Waals surface area contributed by atoms with Crippen molar-refractivity contribution in [1.82, 2.24) is 14.3 Å². The lowest BCUT2D eigenvalue weighted by atomic mass is 10.2. The summed E-state index contributed by atoms with van der Waals surface area (Å²) in [7, 11) is 0. The molecule has 0 saturated carbocycles. The van der Waals surface area contributed by atoms with Gasteiger partial charge in [0.05, 0.1) is 10.5 Å². The van der Waals surface area contributed by atoms with E-state index in [1.807, 2.05) is 26.8 Å². The average Bonchev–Trinajstić information content (AvgIpc) is 2.85. The summed E-state index contributed by atoms with van der Waals surface area (Å²) in [5.74, 6) is 0.619. The SMILES string of the molecule is CCNc1nc2ccccn2c(=O)c1/C=C1\SC(=S)N(CC(C)C)C1=O. The highest BCUT2D eigenvalue weighted by Crippen LogP contribution is 2.33. The number of hydrogen-bond donors (Lipinski definition) is 1. The van der Waals surface area contributed by atoms with Crippen LogP contribution in [0.1, 0.15) is 26.3 Å². The van der Waals surface area contributed by atoms with Crippen molar-refractivity contribution in [2.75, 3.05) is 18.4 Å². The number of thioether (sulfide) groups is 1. The van der Waals surface area contributed by atoms with E-state index in [9.17, 15) is 9.59 Å². The van der Waals surface area contributed by atoms with Crippen LogP contribution in [-0.4, -0.2) is 37.6 Å². The third-order valence-corrected chi connectivity index (χ3v) is 5.19. The van der Waals surface area contributed by atoms with Crippen LogP contribution in [0, 0.1) is 5.92 Å². The molecule has 1 amide bonds. The van der Waals surface area contributed by atoms with E-state index in [1.54, 1.807) is 29.3 Å². The number of aromatic nitrogens is 2. The maximum Gasteiger partial charge on any atom is 0.267 e. The van der Waals surface area contributed by atoms with Gasteiger partial charge in [0, 0.05) is 19.3 Å². The van der Waals surface area contributed by atoms with E-state index in [4.69, 9.17) is 12.2 Å². The number of thiocarbonyl (C=S) groups is 1. The summed E-state index contributed by atoms with van der Waals surface area (Å²) in [6, 6.07) is 5.37. The Hall–Kier alpha value is -2.19. The molecule has 136 valence electrons. The smallest absolute Gasteiger partial charge is 0.267 e. The molecule has 0 radical (unpaired) electrons. The van der Waals surface area contributed by atoms with Crippen molar-refractivity contribution < 1.29 is 4.79 Å². The Labute approximate surface area is 161 Å². The number of anilines is 1. The van der Waals surface area contributed by atoms with Crippen LogP contribution in [0.4, 0.5) is 5.82 Å². The number of rotatable bonds is 5. The number of pyridine rings is 1. The molecule has 0 atom stereocenters. The Balaban J connectivity index is 2.10. The van der Waals surface area contributed by atoms with Gasteiger partial charge in [-0.25, -0.2) is 4.98 Å². The zero-order valence-electron chi connectivity index (χ0n) is 14.9. The minimum Gasteiger partial charge on any atom is -0.370 e. The maximum atomic E-state index is 12.9. The van der Waals surface area contributed by atoms with Crippen LogP contribution in [-0.2, 0) is 4.79 Å². The Morgan fingerprint density at radius 1 is 1.35 bits per heavy atom. The predicted octanol–water partition coefficient (Wildman–Crippen LogP) is 2.98. The summed E-state index contributed by atoms with van der Waals surface area (Å²) in [5, 5.41) is 3.12. The van der Waals surface area contributed by atoms with Gasteiger partial charge in [0.1, 0.15) is 15.8 Å². The van der Waals surface area contributed by atoms with Crippen molar-refractivity contribution in [3.05, 3.63) is 45.2 Å². The third-order valence-electron chi connectivity index (χ3n) is 3.81. The lowest BCUT2D eigenvalue weighted by molar-refractivity contribution is -0.122. The average molecular weight is 389 g/mol. The summed E-state index contributed by atoms with van der Waals surface area (Å²) in [4.78, 5) is 32.2. The van der Waals surface area contributed by atoms with Crippen LogP contribution in [0.2, 0.25) is 0 Å². The van der Waals surface area contributed by atoms with Crippen LogP contribution in [0.25, 0.3) is 11.7 Å². The van der Waals surface area contributed by atoms with E-state index in [2.05, 4.69) is 10.3 Å². The highest BCUT2D eigenvalue weighted by molar-refractivity contribution is 8.26. The Morgan fingerprint density at radius 3 is 2.81 bits per heavy atom. The molecule has 26 heavy (non-hydrogen) atoms. The number of carbonyl (C=O) groups excluding carboxylic acids is 1. The molecule has 2 aromatic heterocycles. The van der Waals surface area contributed by atoms with Crippen LogP contribution in [0.3, 0.4) is 0 Å². The molecule has 8 heteroatoms. The largest absolute Gasteiger partial charge is 0.370 e. The molecule has 0 unspecified atom stereocenters. The standard InChI is InChI=1S/C18H20N4O2S2/c1-4-19-15-12(16(23)21-8-6-5-7-14(21)20-15)9-13-17(24)22(10-11(2)3)18(25)26-13/h5-9,11,19H,4,10H2,1-3H3/b13-9-. The molecule has 1 N–H and O–H groups in total. The van der Waals surface area contributed by atoms with Gasteiger partial charge in [-0.05, 0) is 31.1 Å². The first-order valence-corrected chi connectivity index (χ1v) is 9.65. The molecular formula is C18H20N4O2S2. The van der Waals surface area contributed by atoms with Crippen molar-refractivity contribution in [2.45, 2.75) is 20.8 Å². The lowest BCUT2D eigenvalue weighted by Crippen LogP contribution is -2.31. The topological polar surface area (TPSA) is 66.7 Å². The molecule has 0 bridgehead atoms. The van der Waals surface area contributed by atoms with Crippen molar-refractivity contribution >= 4 is 51.7 Å². The van der Waals surface area contributed by atoms with Gasteiger partial charge in [-0.2, -0.15) is 0 Å². The summed E-state index contributed by atoms with van der Waals surface area (Å²) in [6.07, 6.45) is 3.27. The second-order valence-corrected chi connectivity index (χ2v) is 8.00. The maximum absolute atomic E-state index is 12.9. The fourth-order valence-electron chi connectivity index (χ4n) is 2.69. The van der Waals surface area contributed by atoms with Crippen LogP contribution >= 0.6 is 24.0 Å². The first-order valence-electron chi connectivity index (χ1n) is 8.43. The highest BCUT2D eigenvalue weighted by Gasteiger charge is 2.32. The molecule has 2 aromatic rings. The fraction of sp³-hybridized carbons (Fsp3) is 0.333. The molecule has 3 heterocycles. The minimum atomic E-state index is -0.222. The van der Waals surface area contributed by atoms with Gasteiger partial charge in [0.25, 0.3) is 11.5 Å². The van der Waals surface area contributed by atoms with Gasteiger partial charge in [0.15, 0.2) is 0 Å². The van der Waals surface area contributed by atoms with E-state index in [-0.39, 0.29) is 11.5 Å². The zero-order chi connectivity index (χ0) is 18.8. The van der Waals surface area contributed by atoms with Crippen molar-refractivity contribution in [2.24, 2.45) is 5.92 Å². The monoisotopic (exact) mass is 388 g/mol. The molecule has 1 aliphatic rings. The molecular weight excluding hydrogens is 368 g/mol. The van der Waals surface area contributed by atoms with E-state index in [1.165, 1.54) is 16.2 Å². The number of hydrogen-bond acceptors (Lipinski definition) is 6. The second-order valence-electron chi connectivity index (χ2n) is 6.32. The summed E-state index contributed by atoms with van der Waals surface area (Å²) >= 11 is 6.56. The van der Waals surface area contributed by atoms with Gasteiger partial charge in [0.2, 0.25) is 0 Å². The first-order chi connectivity index (χ1) is 12.4. The van der Waals surface area contributed by atoms with Crippen LogP contribution in [0.15, 0.2) is 34.1 Å². The predicted molar refractivity (Wildman–Crippen MR) is 110 cm³/mol. The van der Waals surface area contributed by atoms with E-state index in [0.717, 1.165) is 0 Å². The van der Waals surface area contributed by atoms with Crippen LogP contribution in [0.5, 0.6) is 0 Å².